The minimum Gasteiger partial charge on any atom is -0.368 e. The fourth-order valence-corrected chi connectivity index (χ4v) is 2.94. The predicted octanol–water partition coefficient (Wildman–Crippen LogP) is 2.95. The lowest BCUT2D eigenvalue weighted by molar-refractivity contribution is 0.0955. The Morgan fingerprint density at radius 3 is 2.65 bits per heavy atom. The van der Waals surface area contributed by atoms with Crippen LogP contribution in [-0.4, -0.2) is 43.7 Å². The second-order valence-corrected chi connectivity index (χ2v) is 6.82. The molecule has 0 bridgehead atoms. The lowest BCUT2D eigenvalue weighted by Gasteiger charge is -2.10. The number of anilines is 3. The highest BCUT2D eigenvalue weighted by atomic mass is 16.1. The summed E-state index contributed by atoms with van der Waals surface area (Å²) < 4.78 is 1.71. The Balaban J connectivity index is 1.28. The van der Waals surface area contributed by atoms with Gasteiger partial charge < -0.3 is 16.0 Å². The number of hydrogen-bond donors (Lipinski definition) is 3. The molecule has 1 amide bonds. The van der Waals surface area contributed by atoms with Gasteiger partial charge >= 0.3 is 0 Å². The summed E-state index contributed by atoms with van der Waals surface area (Å²) in [5.74, 6) is 1.86. The topological polar surface area (TPSA) is 110 Å². The zero-order valence-corrected chi connectivity index (χ0v) is 17.0. The first-order valence-corrected chi connectivity index (χ1v) is 9.81. The molecule has 0 radical (unpaired) electrons. The fraction of sp³-hybridized carbons (Fsp3) is 0.136. The Bertz CT molecular complexity index is 1160. The maximum Gasteiger partial charge on any atom is 0.251 e. The van der Waals surface area contributed by atoms with E-state index < -0.39 is 0 Å². The molecule has 31 heavy (non-hydrogen) atoms. The van der Waals surface area contributed by atoms with Gasteiger partial charge in [0.05, 0.1) is 5.69 Å². The number of benzene rings is 1. The number of hydrogen-bond acceptors (Lipinski definition) is 7. The van der Waals surface area contributed by atoms with Crippen LogP contribution in [0.1, 0.15) is 15.9 Å². The number of pyridine rings is 1. The van der Waals surface area contributed by atoms with Crippen molar-refractivity contribution in [2.45, 2.75) is 6.92 Å². The maximum absolute atomic E-state index is 12.5. The van der Waals surface area contributed by atoms with Crippen LogP contribution in [0.25, 0.3) is 5.69 Å². The molecule has 0 saturated carbocycles. The number of rotatable bonds is 8. The molecule has 9 heteroatoms. The van der Waals surface area contributed by atoms with Gasteiger partial charge in [-0.15, -0.1) is 0 Å². The Labute approximate surface area is 179 Å². The van der Waals surface area contributed by atoms with Crippen molar-refractivity contribution >= 4 is 23.4 Å². The van der Waals surface area contributed by atoms with E-state index in [4.69, 9.17) is 0 Å². The standard InChI is InChI=1S/C22H22N8O/c1-16-6-8-23-20(12-16)29-21-14-19(26-15-27-21)24-9-10-25-22(31)17-4-2-5-18(13-17)30-11-3-7-28-30/h2-8,11-15H,9-10H2,1H3,(H,25,31)(H2,23,24,26,27,29). The van der Waals surface area contributed by atoms with E-state index >= 15 is 0 Å². The summed E-state index contributed by atoms with van der Waals surface area (Å²) in [6.07, 6.45) is 6.75. The minimum absolute atomic E-state index is 0.147. The molecule has 4 aromatic rings. The summed E-state index contributed by atoms with van der Waals surface area (Å²) in [6.45, 7) is 2.96. The Morgan fingerprint density at radius 2 is 1.81 bits per heavy atom. The molecule has 0 spiro atoms. The molecule has 0 fully saturated rings. The molecular formula is C22H22N8O. The average molecular weight is 414 g/mol. The quantitative estimate of drug-likeness (QED) is 0.380. The van der Waals surface area contributed by atoms with E-state index in [1.54, 1.807) is 35.3 Å². The van der Waals surface area contributed by atoms with Crippen LogP contribution in [0.4, 0.5) is 17.5 Å². The second-order valence-electron chi connectivity index (χ2n) is 6.82. The lowest BCUT2D eigenvalue weighted by atomic mass is 10.2. The number of aromatic nitrogens is 5. The van der Waals surface area contributed by atoms with E-state index in [1.165, 1.54) is 6.33 Å². The van der Waals surface area contributed by atoms with Crippen LogP contribution in [0.3, 0.4) is 0 Å². The molecule has 0 aliphatic heterocycles. The molecule has 0 atom stereocenters. The zero-order valence-electron chi connectivity index (χ0n) is 17.0. The van der Waals surface area contributed by atoms with Crippen LogP contribution in [-0.2, 0) is 0 Å². The molecular weight excluding hydrogens is 392 g/mol. The van der Waals surface area contributed by atoms with Gasteiger partial charge in [-0.1, -0.05) is 6.07 Å². The van der Waals surface area contributed by atoms with Gasteiger partial charge in [0.2, 0.25) is 0 Å². The highest BCUT2D eigenvalue weighted by Crippen LogP contribution is 2.15. The highest BCUT2D eigenvalue weighted by molar-refractivity contribution is 5.94. The van der Waals surface area contributed by atoms with Crippen molar-refractivity contribution < 1.29 is 4.79 Å². The predicted molar refractivity (Wildman–Crippen MR) is 119 cm³/mol. The van der Waals surface area contributed by atoms with Crippen LogP contribution in [0, 0.1) is 6.92 Å². The average Bonchev–Trinajstić information content (AvgIpc) is 3.32. The van der Waals surface area contributed by atoms with E-state index in [1.807, 2.05) is 43.5 Å². The first-order chi connectivity index (χ1) is 15.2. The minimum atomic E-state index is -0.147. The Kier molecular flexibility index (Phi) is 6.13. The van der Waals surface area contributed by atoms with E-state index in [-0.39, 0.29) is 5.91 Å². The smallest absolute Gasteiger partial charge is 0.251 e. The summed E-state index contributed by atoms with van der Waals surface area (Å²) in [5.41, 5.74) is 2.52. The normalized spacial score (nSPS) is 10.5. The van der Waals surface area contributed by atoms with Crippen LogP contribution in [0.15, 0.2) is 73.4 Å². The van der Waals surface area contributed by atoms with Crippen molar-refractivity contribution in [3.63, 3.8) is 0 Å². The van der Waals surface area contributed by atoms with Crippen molar-refractivity contribution in [3.05, 3.63) is 84.6 Å². The van der Waals surface area contributed by atoms with E-state index in [2.05, 4.69) is 36.0 Å². The van der Waals surface area contributed by atoms with Gasteiger partial charge in [-0.2, -0.15) is 5.10 Å². The number of nitrogens with one attached hydrogen (secondary N) is 3. The molecule has 4 rings (SSSR count). The van der Waals surface area contributed by atoms with Gasteiger partial charge in [0.15, 0.2) is 0 Å². The van der Waals surface area contributed by atoms with Gasteiger partial charge in [-0.25, -0.2) is 19.6 Å². The number of amides is 1. The molecule has 0 unspecified atom stereocenters. The zero-order chi connectivity index (χ0) is 21.5. The van der Waals surface area contributed by atoms with Crippen molar-refractivity contribution in [2.24, 2.45) is 0 Å². The molecule has 0 aliphatic rings. The summed E-state index contributed by atoms with van der Waals surface area (Å²) in [4.78, 5) is 25.1. The molecule has 156 valence electrons. The second kappa shape index (κ2) is 9.49. The largest absolute Gasteiger partial charge is 0.368 e. The number of carbonyl (C=O) groups is 1. The lowest BCUT2D eigenvalue weighted by Crippen LogP contribution is -2.29. The summed E-state index contributed by atoms with van der Waals surface area (Å²) in [5, 5.41) is 13.4. The van der Waals surface area contributed by atoms with Gasteiger partial charge in [-0.05, 0) is 48.9 Å². The molecule has 9 nitrogen and oxygen atoms in total. The molecule has 3 aromatic heterocycles. The Morgan fingerprint density at radius 1 is 0.935 bits per heavy atom. The first-order valence-electron chi connectivity index (χ1n) is 9.81. The van der Waals surface area contributed by atoms with Crippen molar-refractivity contribution in [2.75, 3.05) is 23.7 Å². The van der Waals surface area contributed by atoms with E-state index in [0.717, 1.165) is 11.3 Å². The van der Waals surface area contributed by atoms with Gasteiger partial charge in [-0.3, -0.25) is 4.79 Å². The number of aryl methyl sites for hydroxylation is 1. The molecule has 0 aliphatic carbocycles. The van der Waals surface area contributed by atoms with Crippen molar-refractivity contribution in [1.29, 1.82) is 0 Å². The monoisotopic (exact) mass is 414 g/mol. The van der Waals surface area contributed by atoms with Crippen LogP contribution in [0.5, 0.6) is 0 Å². The molecule has 0 saturated heterocycles. The van der Waals surface area contributed by atoms with E-state index in [9.17, 15) is 4.79 Å². The van der Waals surface area contributed by atoms with Crippen molar-refractivity contribution in [3.8, 4) is 5.69 Å². The first kappa shape index (κ1) is 20.0. The highest BCUT2D eigenvalue weighted by Gasteiger charge is 2.07. The number of carbonyl (C=O) groups excluding carboxylic acids is 1. The van der Waals surface area contributed by atoms with Crippen LogP contribution in [0.2, 0.25) is 0 Å². The summed E-state index contributed by atoms with van der Waals surface area (Å²) in [7, 11) is 0. The van der Waals surface area contributed by atoms with E-state index in [0.29, 0.717) is 36.1 Å². The van der Waals surface area contributed by atoms with Crippen molar-refractivity contribution in [1.82, 2.24) is 30.0 Å². The molecule has 1 aromatic carbocycles. The van der Waals surface area contributed by atoms with Gasteiger partial charge in [0.25, 0.3) is 5.91 Å². The third kappa shape index (κ3) is 5.41. The number of nitrogens with zero attached hydrogens (tertiary/aromatic N) is 5. The third-order valence-corrected chi connectivity index (χ3v) is 4.43. The fourth-order valence-electron chi connectivity index (χ4n) is 2.94. The maximum atomic E-state index is 12.5. The third-order valence-electron chi connectivity index (χ3n) is 4.43. The molecule has 3 heterocycles. The van der Waals surface area contributed by atoms with Crippen LogP contribution >= 0.6 is 0 Å². The van der Waals surface area contributed by atoms with Gasteiger partial charge in [0, 0.05) is 43.3 Å². The Hall–Kier alpha value is -4.27. The summed E-state index contributed by atoms with van der Waals surface area (Å²) in [6, 6.07) is 14.8. The van der Waals surface area contributed by atoms with Crippen LogP contribution < -0.4 is 16.0 Å². The van der Waals surface area contributed by atoms with Gasteiger partial charge in [0.1, 0.15) is 23.8 Å². The SMILES string of the molecule is Cc1ccnc(Nc2cc(NCCNC(=O)c3cccc(-n4cccn4)c3)ncn2)c1. The summed E-state index contributed by atoms with van der Waals surface area (Å²) >= 11 is 0. The molecule has 3 N–H and O–H groups in total.